The minimum atomic E-state index is -6.41. The molecule has 1 N–H and O–H groups in total. The molecule has 252 valence electrons. The van der Waals surface area contributed by atoms with Crippen molar-refractivity contribution in [3.05, 3.63) is 59.4 Å². The molecule has 0 spiro atoms. The van der Waals surface area contributed by atoms with E-state index < -0.39 is 78.6 Å². The van der Waals surface area contributed by atoms with Gasteiger partial charge < -0.3 is 14.9 Å². The predicted octanol–water partition coefficient (Wildman–Crippen LogP) is 6.12. The van der Waals surface area contributed by atoms with Crippen molar-refractivity contribution in [3.63, 3.8) is 0 Å². The molecular formula is C30H30F8N2O5S. The molecule has 5 rings (SSSR count). The normalized spacial score (nSPS) is 25.6. The number of amides is 1. The number of hydrogen-bond donors (Lipinski definition) is 1. The fourth-order valence-electron chi connectivity index (χ4n) is 7.27. The molecule has 0 bridgehead atoms. The third kappa shape index (κ3) is 5.01. The molecule has 3 aliphatic rings. The minimum absolute atomic E-state index is 0.0634. The molecular weight excluding hydrogens is 652 g/mol. The Hall–Kier alpha value is -3.43. The molecule has 2 aromatic rings. The molecule has 0 aromatic heterocycles. The van der Waals surface area contributed by atoms with E-state index in [2.05, 4.69) is 0 Å². The van der Waals surface area contributed by atoms with Gasteiger partial charge in [-0.1, -0.05) is 18.2 Å². The monoisotopic (exact) mass is 682 g/mol. The van der Waals surface area contributed by atoms with Gasteiger partial charge in [0.25, 0.3) is 0 Å². The van der Waals surface area contributed by atoms with Crippen molar-refractivity contribution in [2.75, 3.05) is 24.5 Å². The number of carbonyl (C=O) groups excluding carboxylic acids is 1. The lowest BCUT2D eigenvalue weighted by atomic mass is 9.80. The third-order valence-electron chi connectivity index (χ3n) is 9.68. The van der Waals surface area contributed by atoms with E-state index in [0.29, 0.717) is 6.07 Å². The smallest absolute Gasteiger partial charge is 0.435 e. The van der Waals surface area contributed by atoms with Crippen LogP contribution in [0.15, 0.2) is 47.4 Å². The van der Waals surface area contributed by atoms with Crippen molar-refractivity contribution in [2.45, 2.75) is 72.7 Å². The summed E-state index contributed by atoms with van der Waals surface area (Å²) in [6.07, 6.45) is -12.3. The Morgan fingerprint density at radius 2 is 1.54 bits per heavy atom. The summed E-state index contributed by atoms with van der Waals surface area (Å²) in [4.78, 5) is 27.4. The van der Waals surface area contributed by atoms with Crippen molar-refractivity contribution < 1.29 is 58.2 Å². The van der Waals surface area contributed by atoms with Gasteiger partial charge in [-0.25, -0.2) is 17.2 Å². The maximum absolute atomic E-state index is 15.2. The second-order valence-electron chi connectivity index (χ2n) is 12.0. The summed E-state index contributed by atoms with van der Waals surface area (Å²) in [6.45, 7) is 0.921. The van der Waals surface area contributed by atoms with E-state index in [9.17, 15) is 53.8 Å². The fraction of sp³-hybridized carbons (Fsp3) is 0.533. The molecule has 7 nitrogen and oxygen atoms in total. The number of carboxylic acid groups (broad SMARTS) is 1. The number of sulfone groups is 1. The van der Waals surface area contributed by atoms with E-state index in [1.807, 2.05) is 0 Å². The second kappa shape index (κ2) is 11.4. The third-order valence-corrected chi connectivity index (χ3v) is 12.2. The molecule has 2 unspecified atom stereocenters. The summed E-state index contributed by atoms with van der Waals surface area (Å²) in [5.74, 6) is -3.67. The zero-order valence-corrected chi connectivity index (χ0v) is 25.2. The Balaban J connectivity index is 1.69. The van der Waals surface area contributed by atoms with E-state index in [4.69, 9.17) is 0 Å². The van der Waals surface area contributed by atoms with Crippen LogP contribution in [0.4, 0.5) is 40.8 Å². The number of anilines is 1. The summed E-state index contributed by atoms with van der Waals surface area (Å²) >= 11 is 0. The highest BCUT2D eigenvalue weighted by atomic mass is 32.2. The number of fused-ring (bicyclic) bond motifs is 3. The molecule has 46 heavy (non-hydrogen) atoms. The predicted molar refractivity (Wildman–Crippen MR) is 148 cm³/mol. The van der Waals surface area contributed by atoms with Crippen molar-refractivity contribution in [1.29, 1.82) is 0 Å². The maximum Gasteiger partial charge on any atom is 0.435 e. The highest BCUT2D eigenvalue weighted by Crippen LogP contribution is 2.58. The molecule has 2 atom stereocenters. The highest BCUT2D eigenvalue weighted by Gasteiger charge is 2.74. The number of hydrogen-bond acceptors (Lipinski definition) is 5. The van der Waals surface area contributed by atoms with Crippen molar-refractivity contribution in [3.8, 4) is 0 Å². The Bertz CT molecular complexity index is 1620. The van der Waals surface area contributed by atoms with Gasteiger partial charge in [-0.15, -0.1) is 0 Å². The minimum Gasteiger partial charge on any atom is -0.481 e. The largest absolute Gasteiger partial charge is 0.481 e. The molecule has 16 heteroatoms. The standard InChI is InChI=1S/C30H30F8N2O5S/c1-2-39-16-24-27(46(44,45)21-5-3-4-20(31)15-21,12-13-40(24)25(41)17-6-8-18(9-7-17)26(42)43)22-11-10-19(14-23(22)39)28(32,29(33,34)35)30(36,37)38/h3-5,10-11,14-15,17-18,24H,2,6-9,12-13,16H2,1H3,(H,42,43). The quantitative estimate of drug-likeness (QED) is 0.370. The number of likely N-dealkylation sites (N-methyl/N-ethyl adjacent to an activating group) is 1. The lowest BCUT2D eigenvalue weighted by molar-refractivity contribution is -0.348. The number of alkyl halides is 7. The summed E-state index contributed by atoms with van der Waals surface area (Å²) in [7, 11) is -4.73. The van der Waals surface area contributed by atoms with E-state index in [1.165, 1.54) is 16.7 Å². The van der Waals surface area contributed by atoms with Crippen molar-refractivity contribution in [2.24, 2.45) is 11.8 Å². The molecule has 1 amide bonds. The van der Waals surface area contributed by atoms with Crippen LogP contribution in [-0.4, -0.2) is 68.3 Å². The first-order valence-corrected chi connectivity index (χ1v) is 16.0. The molecule has 2 aromatic carbocycles. The van der Waals surface area contributed by atoms with Crippen LogP contribution in [0.2, 0.25) is 0 Å². The summed E-state index contributed by atoms with van der Waals surface area (Å²) < 4.78 is 139. The SMILES string of the molecule is CCN1CC2N(C(=O)C3CCC(C(=O)O)CC3)CCC2(S(=O)(=O)c2cccc(F)c2)c2ccc(C(F)(C(F)(F)F)C(F)(F)F)cc21. The number of aliphatic carboxylic acids is 1. The average Bonchev–Trinajstić information content (AvgIpc) is 3.39. The molecule has 2 aliphatic heterocycles. The number of benzene rings is 2. The van der Waals surface area contributed by atoms with E-state index in [0.717, 1.165) is 30.3 Å². The Morgan fingerprint density at radius 1 is 0.935 bits per heavy atom. The molecule has 2 fully saturated rings. The lowest BCUT2D eigenvalue weighted by Gasteiger charge is -2.48. The average molecular weight is 683 g/mol. The number of halogens is 8. The molecule has 0 radical (unpaired) electrons. The van der Waals surface area contributed by atoms with Gasteiger partial charge in [-0.3, -0.25) is 9.59 Å². The number of likely N-dealkylation sites (tertiary alicyclic amines) is 1. The molecule has 2 heterocycles. The second-order valence-corrected chi connectivity index (χ2v) is 14.2. The van der Waals surface area contributed by atoms with Crippen LogP contribution >= 0.6 is 0 Å². The van der Waals surface area contributed by atoms with Crippen LogP contribution in [0, 0.1) is 17.7 Å². The first-order chi connectivity index (χ1) is 21.3. The number of rotatable bonds is 6. The number of nitrogens with zero attached hydrogens (tertiary/aromatic N) is 2. The number of carboxylic acids is 1. The van der Waals surface area contributed by atoms with Gasteiger partial charge in [0.1, 0.15) is 10.6 Å². The van der Waals surface area contributed by atoms with Gasteiger partial charge in [0.15, 0.2) is 9.84 Å². The topological polar surface area (TPSA) is 95.0 Å². The van der Waals surface area contributed by atoms with Gasteiger partial charge in [-0.05, 0) is 68.9 Å². The van der Waals surface area contributed by atoms with Gasteiger partial charge in [0, 0.05) is 36.8 Å². The van der Waals surface area contributed by atoms with Crippen molar-refractivity contribution >= 4 is 27.4 Å². The lowest BCUT2D eigenvalue weighted by Crippen LogP contribution is -2.59. The number of carbonyl (C=O) groups is 2. The summed E-state index contributed by atoms with van der Waals surface area (Å²) in [6, 6.07) is 4.08. The van der Waals surface area contributed by atoms with E-state index in [1.54, 1.807) is 0 Å². The Labute approximate surface area is 259 Å². The Morgan fingerprint density at radius 3 is 2.09 bits per heavy atom. The van der Waals surface area contributed by atoms with Crippen LogP contribution in [0.1, 0.15) is 50.2 Å². The van der Waals surface area contributed by atoms with E-state index in [-0.39, 0.29) is 69.1 Å². The van der Waals surface area contributed by atoms with Crippen LogP contribution in [0.5, 0.6) is 0 Å². The van der Waals surface area contributed by atoms with Gasteiger partial charge in [0.2, 0.25) is 5.91 Å². The first kappa shape index (κ1) is 33.9. The summed E-state index contributed by atoms with van der Waals surface area (Å²) in [5, 5.41) is 9.35. The molecule has 1 saturated carbocycles. The molecule has 1 aliphatic carbocycles. The van der Waals surface area contributed by atoms with Crippen LogP contribution in [0.25, 0.3) is 0 Å². The molecule has 1 saturated heterocycles. The Kier molecular flexibility index (Phi) is 8.38. The van der Waals surface area contributed by atoms with Gasteiger partial charge >= 0.3 is 24.0 Å². The maximum atomic E-state index is 15.2. The zero-order chi connectivity index (χ0) is 34.0. The van der Waals surface area contributed by atoms with Crippen LogP contribution < -0.4 is 4.90 Å². The van der Waals surface area contributed by atoms with Gasteiger partial charge in [0.05, 0.1) is 16.9 Å². The fourth-order valence-corrected chi connectivity index (χ4v) is 9.60. The van der Waals surface area contributed by atoms with E-state index >= 15 is 4.39 Å². The highest BCUT2D eigenvalue weighted by molar-refractivity contribution is 7.92. The first-order valence-electron chi connectivity index (χ1n) is 14.6. The zero-order valence-electron chi connectivity index (χ0n) is 24.3. The van der Waals surface area contributed by atoms with Gasteiger partial charge in [-0.2, -0.15) is 26.3 Å². The summed E-state index contributed by atoms with van der Waals surface area (Å²) in [5.41, 5.74) is -8.19. The van der Waals surface area contributed by atoms with Crippen LogP contribution in [-0.2, 0) is 29.8 Å². The van der Waals surface area contributed by atoms with Crippen molar-refractivity contribution in [1.82, 2.24) is 4.90 Å². The van der Waals surface area contributed by atoms with Crippen LogP contribution in [0.3, 0.4) is 0 Å².